The van der Waals surface area contributed by atoms with Crippen LogP contribution in [0.1, 0.15) is 31.4 Å². The third-order valence-electron chi connectivity index (χ3n) is 3.72. The van der Waals surface area contributed by atoms with E-state index in [4.69, 9.17) is 5.11 Å². The van der Waals surface area contributed by atoms with Gasteiger partial charge in [-0.3, -0.25) is 9.30 Å². The number of hydrogen-bond acceptors (Lipinski definition) is 4. The quantitative estimate of drug-likeness (QED) is 0.920. The number of imidazole rings is 1. The molecule has 0 radical (unpaired) electrons. The predicted molar refractivity (Wildman–Crippen MR) is 72.8 cm³/mol. The molecule has 98 valence electrons. The summed E-state index contributed by atoms with van der Waals surface area (Å²) in [5.41, 5.74) is 1.15. The fourth-order valence-corrected chi connectivity index (χ4v) is 3.52. The summed E-state index contributed by atoms with van der Waals surface area (Å²) in [7, 11) is 0. The summed E-state index contributed by atoms with van der Waals surface area (Å²) in [5, 5.41) is 11.2. The van der Waals surface area contributed by atoms with Crippen LogP contribution in [-0.2, 0) is 6.54 Å². The highest BCUT2D eigenvalue weighted by Crippen LogP contribution is 2.22. The Bertz CT molecular complexity index is 477. The first-order valence-corrected chi connectivity index (χ1v) is 7.51. The summed E-state index contributed by atoms with van der Waals surface area (Å²) in [5.74, 6) is 0. The highest BCUT2D eigenvalue weighted by molar-refractivity contribution is 7.15. The van der Waals surface area contributed by atoms with E-state index in [0.29, 0.717) is 12.6 Å². The van der Waals surface area contributed by atoms with Gasteiger partial charge in [-0.2, -0.15) is 0 Å². The van der Waals surface area contributed by atoms with Crippen LogP contribution in [-0.4, -0.2) is 38.6 Å². The van der Waals surface area contributed by atoms with Crippen LogP contribution in [0.4, 0.5) is 0 Å². The molecule has 1 saturated heterocycles. The molecule has 3 rings (SSSR count). The third-order valence-corrected chi connectivity index (χ3v) is 4.49. The second-order valence-corrected chi connectivity index (χ2v) is 5.83. The van der Waals surface area contributed by atoms with E-state index in [1.165, 1.54) is 19.3 Å². The number of hydrogen-bond donors (Lipinski definition) is 1. The molecule has 0 spiro atoms. The Morgan fingerprint density at radius 3 is 3.22 bits per heavy atom. The van der Waals surface area contributed by atoms with Gasteiger partial charge in [0, 0.05) is 37.0 Å². The van der Waals surface area contributed by atoms with Crippen molar-refractivity contribution in [3.8, 4) is 0 Å². The number of aromatic nitrogens is 2. The van der Waals surface area contributed by atoms with E-state index in [-0.39, 0.29) is 0 Å². The summed E-state index contributed by atoms with van der Waals surface area (Å²) in [6, 6.07) is 0.531. The molecule has 1 N–H and O–H groups in total. The molecular formula is C13H19N3OS. The zero-order valence-corrected chi connectivity index (χ0v) is 11.3. The van der Waals surface area contributed by atoms with Gasteiger partial charge in [-0.05, 0) is 25.8 Å². The lowest BCUT2D eigenvalue weighted by atomic mass is 9.99. The van der Waals surface area contributed by atoms with Crippen molar-refractivity contribution in [3.63, 3.8) is 0 Å². The summed E-state index contributed by atoms with van der Waals surface area (Å²) in [6.07, 6.45) is 8.84. The van der Waals surface area contributed by atoms with Crippen molar-refractivity contribution in [2.45, 2.75) is 38.3 Å². The molecular weight excluding hydrogens is 246 g/mol. The molecule has 1 aliphatic rings. The second-order valence-electron chi connectivity index (χ2n) is 4.96. The molecule has 0 aliphatic carbocycles. The Morgan fingerprint density at radius 2 is 2.39 bits per heavy atom. The monoisotopic (exact) mass is 265 g/mol. The second kappa shape index (κ2) is 5.38. The Hall–Kier alpha value is -0.910. The minimum absolute atomic E-state index is 0.291. The first kappa shape index (κ1) is 12.1. The Labute approximate surface area is 111 Å². The zero-order valence-electron chi connectivity index (χ0n) is 10.5. The van der Waals surface area contributed by atoms with Crippen LogP contribution in [0.3, 0.4) is 0 Å². The summed E-state index contributed by atoms with van der Waals surface area (Å²) in [6.45, 7) is 2.34. The standard InChI is InChI=1S/C13H19N3OS/c17-7-4-12-3-1-2-5-15(12)9-11-10-16-6-8-18-13(16)14-11/h6,8,10,12,17H,1-5,7,9H2. The fourth-order valence-electron chi connectivity index (χ4n) is 2.80. The molecule has 5 heteroatoms. The maximum absolute atomic E-state index is 9.14. The van der Waals surface area contributed by atoms with Crippen molar-refractivity contribution in [3.05, 3.63) is 23.5 Å². The lowest BCUT2D eigenvalue weighted by Gasteiger charge is -2.34. The lowest BCUT2D eigenvalue weighted by molar-refractivity contribution is 0.111. The van der Waals surface area contributed by atoms with Crippen LogP contribution in [0, 0.1) is 0 Å². The summed E-state index contributed by atoms with van der Waals surface area (Å²) >= 11 is 1.67. The topological polar surface area (TPSA) is 40.8 Å². The largest absolute Gasteiger partial charge is 0.396 e. The van der Waals surface area contributed by atoms with Gasteiger partial charge in [-0.25, -0.2) is 4.98 Å². The van der Waals surface area contributed by atoms with Crippen LogP contribution in [0.25, 0.3) is 4.96 Å². The number of thiazole rings is 1. The molecule has 0 amide bonds. The van der Waals surface area contributed by atoms with E-state index in [2.05, 4.69) is 32.1 Å². The zero-order chi connectivity index (χ0) is 12.4. The smallest absolute Gasteiger partial charge is 0.193 e. The molecule has 1 fully saturated rings. The minimum Gasteiger partial charge on any atom is -0.396 e. The van der Waals surface area contributed by atoms with Gasteiger partial charge in [0.2, 0.25) is 0 Å². The normalized spacial score (nSPS) is 21.7. The van der Waals surface area contributed by atoms with Crippen molar-refractivity contribution < 1.29 is 5.11 Å². The number of rotatable bonds is 4. The van der Waals surface area contributed by atoms with Crippen molar-refractivity contribution in [2.75, 3.05) is 13.2 Å². The molecule has 0 saturated carbocycles. The van der Waals surface area contributed by atoms with E-state index in [0.717, 1.165) is 30.2 Å². The molecule has 0 bridgehead atoms. The molecule has 0 aromatic carbocycles. The van der Waals surface area contributed by atoms with Gasteiger partial charge < -0.3 is 5.11 Å². The summed E-state index contributed by atoms with van der Waals surface area (Å²) in [4.78, 5) is 8.19. The van der Waals surface area contributed by atoms with Gasteiger partial charge in [0.15, 0.2) is 4.96 Å². The molecule has 1 unspecified atom stereocenters. The number of fused-ring (bicyclic) bond motifs is 1. The van der Waals surface area contributed by atoms with Crippen molar-refractivity contribution >= 4 is 16.3 Å². The minimum atomic E-state index is 0.291. The van der Waals surface area contributed by atoms with Gasteiger partial charge in [0.1, 0.15) is 0 Å². The van der Waals surface area contributed by atoms with Crippen LogP contribution >= 0.6 is 11.3 Å². The highest BCUT2D eigenvalue weighted by Gasteiger charge is 2.22. The molecule has 1 aliphatic heterocycles. The molecule has 2 aromatic rings. The highest BCUT2D eigenvalue weighted by atomic mass is 32.1. The van der Waals surface area contributed by atoms with Crippen molar-refractivity contribution in [2.24, 2.45) is 0 Å². The fraction of sp³-hybridized carbons (Fsp3) is 0.615. The average molecular weight is 265 g/mol. The maximum Gasteiger partial charge on any atom is 0.193 e. The molecule has 18 heavy (non-hydrogen) atoms. The Morgan fingerprint density at radius 1 is 1.44 bits per heavy atom. The molecule has 1 atom stereocenters. The van der Waals surface area contributed by atoms with E-state index in [1.54, 1.807) is 11.3 Å². The van der Waals surface area contributed by atoms with E-state index in [1.807, 2.05) is 0 Å². The van der Waals surface area contributed by atoms with Crippen LogP contribution in [0.2, 0.25) is 0 Å². The molecule has 4 nitrogen and oxygen atoms in total. The Kier molecular flexibility index (Phi) is 3.63. The van der Waals surface area contributed by atoms with E-state index in [9.17, 15) is 0 Å². The van der Waals surface area contributed by atoms with Crippen molar-refractivity contribution in [1.82, 2.24) is 14.3 Å². The first-order valence-electron chi connectivity index (χ1n) is 6.63. The third kappa shape index (κ3) is 2.43. The lowest BCUT2D eigenvalue weighted by Crippen LogP contribution is -2.39. The maximum atomic E-state index is 9.14. The first-order chi connectivity index (χ1) is 8.86. The van der Waals surface area contributed by atoms with Gasteiger partial charge in [0.05, 0.1) is 5.69 Å². The number of aliphatic hydroxyl groups excluding tert-OH is 1. The SMILES string of the molecule is OCCC1CCCCN1Cc1cn2ccsc2n1. The molecule has 2 aromatic heterocycles. The average Bonchev–Trinajstić information content (AvgIpc) is 2.92. The predicted octanol–water partition coefficient (Wildman–Crippen LogP) is 2.13. The van der Waals surface area contributed by atoms with E-state index >= 15 is 0 Å². The molecule has 3 heterocycles. The van der Waals surface area contributed by atoms with E-state index < -0.39 is 0 Å². The van der Waals surface area contributed by atoms with Crippen LogP contribution in [0.15, 0.2) is 17.8 Å². The van der Waals surface area contributed by atoms with Gasteiger partial charge in [0.25, 0.3) is 0 Å². The number of likely N-dealkylation sites (tertiary alicyclic amines) is 1. The van der Waals surface area contributed by atoms with Crippen molar-refractivity contribution in [1.29, 1.82) is 0 Å². The van der Waals surface area contributed by atoms with Crippen LogP contribution < -0.4 is 0 Å². The van der Waals surface area contributed by atoms with Gasteiger partial charge >= 0.3 is 0 Å². The summed E-state index contributed by atoms with van der Waals surface area (Å²) < 4.78 is 2.09. The number of aliphatic hydroxyl groups is 1. The number of piperidine rings is 1. The van der Waals surface area contributed by atoms with Gasteiger partial charge in [-0.1, -0.05) is 6.42 Å². The van der Waals surface area contributed by atoms with Gasteiger partial charge in [-0.15, -0.1) is 11.3 Å². The number of nitrogens with zero attached hydrogens (tertiary/aromatic N) is 3. The van der Waals surface area contributed by atoms with Crippen LogP contribution in [0.5, 0.6) is 0 Å². The Balaban J connectivity index is 1.71.